The van der Waals surface area contributed by atoms with Crippen LogP contribution in [0, 0.1) is 0 Å². The Labute approximate surface area is 172 Å². The number of carbonyl (C=O) groups excluding carboxylic acids is 1. The van der Waals surface area contributed by atoms with Gasteiger partial charge < -0.3 is 14.8 Å². The van der Waals surface area contributed by atoms with E-state index in [0.29, 0.717) is 6.61 Å². The predicted octanol–water partition coefficient (Wildman–Crippen LogP) is 4.68. The van der Waals surface area contributed by atoms with Crippen molar-refractivity contribution in [1.82, 2.24) is 5.32 Å². The van der Waals surface area contributed by atoms with Crippen molar-refractivity contribution in [2.45, 2.75) is 25.8 Å². The van der Waals surface area contributed by atoms with Gasteiger partial charge in [-0.2, -0.15) is 0 Å². The molecule has 1 N–H and O–H groups in total. The van der Waals surface area contributed by atoms with Crippen molar-refractivity contribution in [2.75, 3.05) is 13.7 Å². The second-order valence-electron chi connectivity index (χ2n) is 7.00. The van der Waals surface area contributed by atoms with E-state index < -0.39 is 0 Å². The van der Waals surface area contributed by atoms with Crippen LogP contribution in [0.25, 0.3) is 0 Å². The maximum Gasteiger partial charge on any atom is 0.251 e. The lowest BCUT2D eigenvalue weighted by atomic mass is 9.99. The summed E-state index contributed by atoms with van der Waals surface area (Å²) in [5.74, 6) is 1.46. The van der Waals surface area contributed by atoms with E-state index in [1.165, 1.54) is 5.56 Å². The summed E-state index contributed by atoms with van der Waals surface area (Å²) in [5.41, 5.74) is 3.04. The molecule has 3 aromatic rings. The number of methoxy groups -OCH3 is 1. The van der Waals surface area contributed by atoms with Crippen LogP contribution in [0.5, 0.6) is 11.5 Å². The van der Waals surface area contributed by atoms with E-state index in [2.05, 4.69) is 17.4 Å². The summed E-state index contributed by atoms with van der Waals surface area (Å²) < 4.78 is 10.9. The van der Waals surface area contributed by atoms with Gasteiger partial charge in [-0.3, -0.25) is 4.79 Å². The molecule has 0 aliphatic rings. The minimum absolute atomic E-state index is 0.0699. The average Bonchev–Trinajstić information content (AvgIpc) is 2.77. The summed E-state index contributed by atoms with van der Waals surface area (Å²) in [5, 5.41) is 3.04. The van der Waals surface area contributed by atoms with E-state index >= 15 is 0 Å². The number of hydrogen-bond donors (Lipinski definition) is 1. The Balaban J connectivity index is 1.55. The molecule has 1 unspecified atom stereocenters. The number of hydrogen-bond acceptors (Lipinski definition) is 3. The third-order valence-corrected chi connectivity index (χ3v) is 4.72. The van der Waals surface area contributed by atoms with Gasteiger partial charge in [0.05, 0.1) is 13.2 Å². The van der Waals surface area contributed by atoms with Gasteiger partial charge in [-0.15, -0.1) is 0 Å². The number of carbonyl (C=O) groups is 1. The van der Waals surface area contributed by atoms with E-state index in [-0.39, 0.29) is 11.9 Å². The molecule has 3 rings (SSSR count). The quantitative estimate of drug-likeness (QED) is 0.578. The van der Waals surface area contributed by atoms with Gasteiger partial charge in [-0.25, -0.2) is 0 Å². The molecule has 0 bridgehead atoms. The van der Waals surface area contributed by atoms with Gasteiger partial charge in [0.15, 0.2) is 0 Å². The Morgan fingerprint density at radius 1 is 0.862 bits per heavy atom. The maximum absolute atomic E-state index is 12.8. The summed E-state index contributed by atoms with van der Waals surface area (Å²) in [7, 11) is 1.63. The number of benzene rings is 3. The van der Waals surface area contributed by atoms with E-state index in [0.717, 1.165) is 35.5 Å². The van der Waals surface area contributed by atoms with Gasteiger partial charge in [0.2, 0.25) is 0 Å². The van der Waals surface area contributed by atoms with E-state index in [1.807, 2.05) is 73.7 Å². The van der Waals surface area contributed by atoms with Crippen molar-refractivity contribution in [3.8, 4) is 11.5 Å². The van der Waals surface area contributed by atoms with Crippen LogP contribution in [-0.2, 0) is 12.8 Å². The molecule has 0 radical (unpaired) electrons. The minimum Gasteiger partial charge on any atom is -0.497 e. The lowest BCUT2D eigenvalue weighted by Gasteiger charge is -2.17. The molecular weight excluding hydrogens is 362 g/mol. The minimum atomic E-state index is -0.119. The first-order valence-electron chi connectivity index (χ1n) is 9.85. The van der Waals surface area contributed by atoms with Crippen molar-refractivity contribution in [2.24, 2.45) is 0 Å². The average molecular weight is 389 g/mol. The monoisotopic (exact) mass is 389 g/mol. The van der Waals surface area contributed by atoms with Gasteiger partial charge in [0.1, 0.15) is 18.1 Å². The van der Waals surface area contributed by atoms with Crippen LogP contribution < -0.4 is 14.8 Å². The molecule has 0 aromatic heterocycles. The number of amides is 1. The molecule has 3 aromatic carbocycles. The highest BCUT2D eigenvalue weighted by atomic mass is 16.5. The van der Waals surface area contributed by atoms with Crippen molar-refractivity contribution in [3.05, 3.63) is 95.6 Å². The molecule has 0 saturated carbocycles. The van der Waals surface area contributed by atoms with Crippen molar-refractivity contribution in [3.63, 3.8) is 0 Å². The zero-order valence-corrected chi connectivity index (χ0v) is 16.9. The molecule has 1 amide bonds. The molecule has 4 heteroatoms. The summed E-state index contributed by atoms with van der Waals surface area (Å²) >= 11 is 0. The van der Waals surface area contributed by atoms with E-state index in [9.17, 15) is 4.79 Å². The SMILES string of the molecule is COc1ccc(OCC(C)NC(=O)c2ccccc2CCc2ccccc2)cc1. The third-order valence-electron chi connectivity index (χ3n) is 4.72. The standard InChI is InChI=1S/C25H27NO3/c1-19(18-29-23-16-14-22(28-2)15-17-23)26-25(27)24-11-7-6-10-21(24)13-12-20-8-4-3-5-9-20/h3-11,14-17,19H,12-13,18H2,1-2H3,(H,26,27). The highest BCUT2D eigenvalue weighted by Gasteiger charge is 2.14. The predicted molar refractivity (Wildman–Crippen MR) is 116 cm³/mol. The number of aryl methyl sites for hydroxylation is 2. The molecule has 4 nitrogen and oxygen atoms in total. The lowest BCUT2D eigenvalue weighted by molar-refractivity contribution is 0.0925. The molecule has 150 valence electrons. The molecule has 0 spiro atoms. The Morgan fingerprint density at radius 3 is 2.24 bits per heavy atom. The molecule has 0 fully saturated rings. The molecule has 0 aliphatic heterocycles. The first kappa shape index (κ1) is 20.5. The molecule has 1 atom stereocenters. The van der Waals surface area contributed by atoms with Gasteiger partial charge in [0, 0.05) is 5.56 Å². The zero-order valence-electron chi connectivity index (χ0n) is 16.9. The van der Waals surface area contributed by atoms with Crippen LogP contribution in [0.1, 0.15) is 28.4 Å². The first-order chi connectivity index (χ1) is 14.2. The fourth-order valence-electron chi connectivity index (χ4n) is 3.12. The second-order valence-corrected chi connectivity index (χ2v) is 7.00. The summed E-state index contributed by atoms with van der Waals surface area (Å²) in [4.78, 5) is 12.8. The molecule has 29 heavy (non-hydrogen) atoms. The van der Waals surface area contributed by atoms with E-state index in [1.54, 1.807) is 7.11 Å². The van der Waals surface area contributed by atoms with Crippen LogP contribution in [-0.4, -0.2) is 25.7 Å². The summed E-state index contributed by atoms with van der Waals surface area (Å²) in [6.45, 7) is 2.33. The Bertz CT molecular complexity index is 907. The van der Waals surface area contributed by atoms with Crippen LogP contribution in [0.4, 0.5) is 0 Å². The fourth-order valence-corrected chi connectivity index (χ4v) is 3.12. The number of ether oxygens (including phenoxy) is 2. The van der Waals surface area contributed by atoms with Crippen LogP contribution >= 0.6 is 0 Å². The highest BCUT2D eigenvalue weighted by Crippen LogP contribution is 2.17. The smallest absolute Gasteiger partial charge is 0.251 e. The number of rotatable bonds is 9. The van der Waals surface area contributed by atoms with Gasteiger partial charge >= 0.3 is 0 Å². The Kier molecular flexibility index (Phi) is 7.28. The van der Waals surface area contributed by atoms with Gasteiger partial charge in [0.25, 0.3) is 5.91 Å². The van der Waals surface area contributed by atoms with Gasteiger partial charge in [-0.1, -0.05) is 48.5 Å². The van der Waals surface area contributed by atoms with Crippen LogP contribution in [0.3, 0.4) is 0 Å². The van der Waals surface area contributed by atoms with Crippen molar-refractivity contribution >= 4 is 5.91 Å². The summed E-state index contributed by atoms with van der Waals surface area (Å²) in [6.07, 6.45) is 1.73. The molecular formula is C25H27NO3. The topological polar surface area (TPSA) is 47.6 Å². The van der Waals surface area contributed by atoms with Crippen molar-refractivity contribution in [1.29, 1.82) is 0 Å². The zero-order chi connectivity index (χ0) is 20.5. The van der Waals surface area contributed by atoms with Crippen LogP contribution in [0.2, 0.25) is 0 Å². The molecule has 0 aliphatic carbocycles. The normalized spacial score (nSPS) is 11.5. The second kappa shape index (κ2) is 10.3. The fraction of sp³-hybridized carbons (Fsp3) is 0.240. The third kappa shape index (κ3) is 6.11. The summed E-state index contributed by atoms with van der Waals surface area (Å²) in [6, 6.07) is 25.4. The lowest BCUT2D eigenvalue weighted by Crippen LogP contribution is -2.37. The first-order valence-corrected chi connectivity index (χ1v) is 9.85. The largest absolute Gasteiger partial charge is 0.497 e. The Morgan fingerprint density at radius 2 is 1.52 bits per heavy atom. The highest BCUT2D eigenvalue weighted by molar-refractivity contribution is 5.95. The van der Waals surface area contributed by atoms with Crippen LogP contribution in [0.15, 0.2) is 78.9 Å². The number of nitrogens with one attached hydrogen (secondary N) is 1. The van der Waals surface area contributed by atoms with Gasteiger partial charge in [-0.05, 0) is 61.2 Å². The van der Waals surface area contributed by atoms with E-state index in [4.69, 9.17) is 9.47 Å². The molecule has 0 saturated heterocycles. The van der Waals surface area contributed by atoms with Crippen molar-refractivity contribution < 1.29 is 14.3 Å². The Hall–Kier alpha value is -3.27. The molecule has 0 heterocycles. The maximum atomic E-state index is 12.8.